The van der Waals surface area contributed by atoms with E-state index in [1.54, 1.807) is 36.0 Å². The number of methoxy groups -OCH3 is 1. The zero-order chi connectivity index (χ0) is 20.6. The van der Waals surface area contributed by atoms with Crippen molar-refractivity contribution in [3.8, 4) is 27.8 Å². The Bertz CT molecular complexity index is 970. The first-order valence-corrected chi connectivity index (χ1v) is 11.6. The fourth-order valence-corrected chi connectivity index (χ4v) is 4.32. The minimum absolute atomic E-state index is 0.627. The zero-order valence-corrected chi connectivity index (χ0v) is 18.4. The highest BCUT2D eigenvalue weighted by Crippen LogP contribution is 2.30. The molecule has 0 aliphatic carbocycles. The molecule has 0 spiro atoms. The minimum Gasteiger partial charge on any atom is -0.478 e. The Morgan fingerprint density at radius 2 is 1.97 bits per heavy atom. The molecule has 2 N–H and O–H groups in total. The molecule has 8 nitrogen and oxygen atoms in total. The molecule has 0 aromatic carbocycles. The van der Waals surface area contributed by atoms with Crippen LogP contribution in [0.4, 0.5) is 5.13 Å². The predicted molar refractivity (Wildman–Crippen MR) is 122 cm³/mol. The molecule has 0 fully saturated rings. The third-order valence-corrected chi connectivity index (χ3v) is 6.02. The van der Waals surface area contributed by atoms with Gasteiger partial charge in [0.15, 0.2) is 11.1 Å². The Balaban J connectivity index is 1.35. The molecule has 1 aliphatic heterocycles. The highest BCUT2D eigenvalue weighted by atomic mass is 32.1. The lowest BCUT2D eigenvalue weighted by molar-refractivity contribution is 0.183. The fraction of sp³-hybridized carbons (Fsp3) is 0.400. The van der Waals surface area contributed by atoms with E-state index in [9.17, 15) is 0 Å². The summed E-state index contributed by atoms with van der Waals surface area (Å²) in [5, 5.41) is 12.2. The topological polar surface area (TPSA) is 93.5 Å². The Morgan fingerprint density at radius 1 is 1.10 bits per heavy atom. The van der Waals surface area contributed by atoms with Gasteiger partial charge in [-0.25, -0.2) is 15.0 Å². The Kier molecular flexibility index (Phi) is 7.22. The summed E-state index contributed by atoms with van der Waals surface area (Å²) in [6.07, 6.45) is 4.79. The number of hydrogen-bond acceptors (Lipinski definition) is 10. The fourth-order valence-electron chi connectivity index (χ4n) is 2.81. The number of anilines is 1. The molecule has 0 radical (unpaired) electrons. The molecule has 3 aromatic heterocycles. The summed E-state index contributed by atoms with van der Waals surface area (Å²) >= 11 is 3.12. The molecule has 1 aliphatic rings. The van der Waals surface area contributed by atoms with Crippen LogP contribution in [-0.2, 0) is 4.74 Å². The maximum atomic E-state index is 5.67. The summed E-state index contributed by atoms with van der Waals surface area (Å²) in [4.78, 5) is 18.2. The molecule has 0 atom stereocenters. The molecular formula is C20H24N6O2S2. The number of nitrogens with one attached hydrogen (secondary N) is 2. The quantitative estimate of drug-likeness (QED) is 0.484. The molecule has 0 saturated heterocycles. The van der Waals surface area contributed by atoms with Crippen molar-refractivity contribution in [3.63, 3.8) is 0 Å². The average molecular weight is 445 g/mol. The number of guanidine groups is 1. The van der Waals surface area contributed by atoms with Gasteiger partial charge in [-0.3, -0.25) is 4.99 Å². The van der Waals surface area contributed by atoms with Gasteiger partial charge in [0.25, 0.3) is 0 Å². The van der Waals surface area contributed by atoms with Crippen LogP contribution in [0, 0.1) is 0 Å². The lowest BCUT2D eigenvalue weighted by Gasteiger charge is -2.13. The van der Waals surface area contributed by atoms with Crippen LogP contribution in [0.2, 0.25) is 0 Å². The van der Waals surface area contributed by atoms with E-state index in [1.807, 2.05) is 22.9 Å². The van der Waals surface area contributed by atoms with Gasteiger partial charge >= 0.3 is 0 Å². The molecule has 158 valence electrons. The van der Waals surface area contributed by atoms with Crippen LogP contribution in [-0.4, -0.2) is 54.3 Å². The van der Waals surface area contributed by atoms with Crippen LogP contribution >= 0.6 is 22.7 Å². The lowest BCUT2D eigenvalue weighted by Crippen LogP contribution is -2.35. The predicted octanol–water partition coefficient (Wildman–Crippen LogP) is 3.90. The first kappa shape index (κ1) is 20.7. The number of rotatable bonds is 9. The SMILES string of the molecule is COCCCCOc1ccc(-c2nc(-c3csc(NC4=NCCCN4)n3)cs2)cn1. The van der Waals surface area contributed by atoms with Crippen LogP contribution in [0.25, 0.3) is 22.0 Å². The molecule has 0 bridgehead atoms. The maximum absolute atomic E-state index is 5.67. The number of nitrogens with zero attached hydrogens (tertiary/aromatic N) is 4. The summed E-state index contributed by atoms with van der Waals surface area (Å²) in [5.41, 5.74) is 2.68. The number of thiazole rings is 2. The van der Waals surface area contributed by atoms with Gasteiger partial charge < -0.3 is 20.1 Å². The second kappa shape index (κ2) is 10.5. The number of aliphatic imine (C=N–C) groups is 1. The Hall–Kier alpha value is -2.56. The number of ether oxygens (including phenoxy) is 2. The van der Waals surface area contributed by atoms with Gasteiger partial charge in [0.1, 0.15) is 16.4 Å². The average Bonchev–Trinajstić information content (AvgIpc) is 3.45. The summed E-state index contributed by atoms with van der Waals surface area (Å²) in [5.74, 6) is 1.41. The number of unbranched alkanes of at least 4 members (excludes halogenated alkanes) is 1. The summed E-state index contributed by atoms with van der Waals surface area (Å²) in [6, 6.07) is 3.87. The van der Waals surface area contributed by atoms with E-state index in [4.69, 9.17) is 14.5 Å². The Morgan fingerprint density at radius 3 is 2.77 bits per heavy atom. The van der Waals surface area contributed by atoms with E-state index >= 15 is 0 Å². The standard InChI is InChI=1S/C20H24N6O2S2/c1-27-9-2-3-10-28-17-6-5-14(11-23-17)18-24-15(12-29-18)16-13-30-20(25-16)26-19-21-7-4-8-22-19/h5-6,11-13H,2-4,7-10H2,1H3,(H2,21,22,25,26). The van der Waals surface area contributed by atoms with Crippen molar-refractivity contribution >= 4 is 33.8 Å². The van der Waals surface area contributed by atoms with Crippen molar-refractivity contribution in [1.82, 2.24) is 20.3 Å². The van der Waals surface area contributed by atoms with Crippen LogP contribution in [0.1, 0.15) is 19.3 Å². The summed E-state index contributed by atoms with van der Waals surface area (Å²) in [7, 11) is 1.71. The van der Waals surface area contributed by atoms with Crippen molar-refractivity contribution in [2.45, 2.75) is 19.3 Å². The van der Waals surface area contributed by atoms with Crippen LogP contribution in [0.15, 0.2) is 34.1 Å². The molecule has 0 unspecified atom stereocenters. The maximum Gasteiger partial charge on any atom is 0.213 e. The Labute approximate surface area is 183 Å². The van der Waals surface area contributed by atoms with E-state index in [0.29, 0.717) is 12.5 Å². The number of aromatic nitrogens is 3. The van der Waals surface area contributed by atoms with Crippen molar-refractivity contribution in [3.05, 3.63) is 29.1 Å². The third-order valence-electron chi connectivity index (χ3n) is 4.37. The van der Waals surface area contributed by atoms with E-state index < -0.39 is 0 Å². The molecule has 4 heterocycles. The van der Waals surface area contributed by atoms with Gasteiger partial charge in [-0.15, -0.1) is 22.7 Å². The summed E-state index contributed by atoms with van der Waals surface area (Å²) in [6.45, 7) is 3.17. The second-order valence-electron chi connectivity index (χ2n) is 6.64. The molecule has 0 saturated carbocycles. The molecule has 3 aromatic rings. The van der Waals surface area contributed by atoms with Crippen LogP contribution in [0.3, 0.4) is 0 Å². The summed E-state index contributed by atoms with van der Waals surface area (Å²) < 4.78 is 10.7. The molecule has 4 rings (SSSR count). The van der Waals surface area contributed by atoms with Crippen molar-refractivity contribution in [1.29, 1.82) is 0 Å². The number of hydrogen-bond donors (Lipinski definition) is 2. The van der Waals surface area contributed by atoms with Gasteiger partial charge in [-0.05, 0) is 25.3 Å². The normalized spacial score (nSPS) is 13.6. The van der Waals surface area contributed by atoms with E-state index in [2.05, 4.69) is 25.6 Å². The zero-order valence-electron chi connectivity index (χ0n) is 16.8. The first-order chi connectivity index (χ1) is 14.8. The lowest BCUT2D eigenvalue weighted by atomic mass is 10.3. The highest BCUT2D eigenvalue weighted by molar-refractivity contribution is 7.14. The van der Waals surface area contributed by atoms with Gasteiger partial charge in [0, 0.05) is 55.4 Å². The van der Waals surface area contributed by atoms with Gasteiger partial charge in [0.05, 0.1) is 6.61 Å². The minimum atomic E-state index is 0.627. The van der Waals surface area contributed by atoms with E-state index in [1.165, 1.54) is 0 Å². The molecule has 0 amide bonds. The molecular weight excluding hydrogens is 420 g/mol. The first-order valence-electron chi connectivity index (χ1n) is 9.87. The second-order valence-corrected chi connectivity index (χ2v) is 8.36. The van der Waals surface area contributed by atoms with E-state index in [-0.39, 0.29) is 0 Å². The molecule has 10 heteroatoms. The smallest absolute Gasteiger partial charge is 0.213 e. The van der Waals surface area contributed by atoms with Crippen molar-refractivity contribution < 1.29 is 9.47 Å². The number of pyridine rings is 1. The van der Waals surface area contributed by atoms with E-state index in [0.717, 1.165) is 72.0 Å². The van der Waals surface area contributed by atoms with Crippen molar-refractivity contribution in [2.24, 2.45) is 4.99 Å². The monoisotopic (exact) mass is 444 g/mol. The molecule has 30 heavy (non-hydrogen) atoms. The highest BCUT2D eigenvalue weighted by Gasteiger charge is 2.12. The third kappa shape index (κ3) is 5.53. The van der Waals surface area contributed by atoms with Gasteiger partial charge in [-0.2, -0.15) is 0 Å². The van der Waals surface area contributed by atoms with Crippen LogP contribution < -0.4 is 15.4 Å². The van der Waals surface area contributed by atoms with Crippen molar-refractivity contribution in [2.75, 3.05) is 38.7 Å². The largest absolute Gasteiger partial charge is 0.478 e. The van der Waals surface area contributed by atoms with Crippen LogP contribution in [0.5, 0.6) is 5.88 Å². The van der Waals surface area contributed by atoms with Gasteiger partial charge in [0.2, 0.25) is 5.88 Å². The van der Waals surface area contributed by atoms with Gasteiger partial charge in [-0.1, -0.05) is 0 Å².